The van der Waals surface area contributed by atoms with Gasteiger partial charge in [-0.2, -0.15) is 0 Å². The molecule has 1 amide bonds. The van der Waals surface area contributed by atoms with Crippen LogP contribution in [-0.2, 0) is 14.3 Å². The van der Waals surface area contributed by atoms with Gasteiger partial charge in [0.05, 0.1) is 17.7 Å². The predicted molar refractivity (Wildman–Crippen MR) is 99.6 cm³/mol. The van der Waals surface area contributed by atoms with Crippen molar-refractivity contribution in [2.24, 2.45) is 5.92 Å². The Balaban J connectivity index is 1.88. The molecule has 1 aromatic rings. The van der Waals surface area contributed by atoms with Crippen LogP contribution in [0.4, 0.5) is 11.4 Å². The van der Waals surface area contributed by atoms with Crippen LogP contribution in [0, 0.1) is 16.0 Å². The number of carbonyl (C=O) groups excluding carboxylic acids is 2. The Bertz CT molecular complexity index is 685. The molecule has 0 spiro atoms. The fraction of sp³-hybridized carbons (Fsp3) is 0.579. The molecule has 27 heavy (non-hydrogen) atoms. The van der Waals surface area contributed by atoms with E-state index in [1.807, 2.05) is 0 Å². The first-order valence-electron chi connectivity index (χ1n) is 9.23. The molecule has 1 N–H and O–H groups in total. The van der Waals surface area contributed by atoms with Gasteiger partial charge in [0, 0.05) is 18.6 Å². The van der Waals surface area contributed by atoms with Crippen molar-refractivity contribution in [1.82, 2.24) is 0 Å². The Labute approximate surface area is 158 Å². The fourth-order valence-electron chi connectivity index (χ4n) is 3.25. The first-order chi connectivity index (χ1) is 12.9. The molecule has 1 saturated carbocycles. The summed E-state index contributed by atoms with van der Waals surface area (Å²) < 4.78 is 10.3. The van der Waals surface area contributed by atoms with Crippen molar-refractivity contribution in [2.75, 3.05) is 12.4 Å². The number of ether oxygens (including phenoxy) is 2. The molecule has 0 aromatic heterocycles. The van der Waals surface area contributed by atoms with Gasteiger partial charge in [0.1, 0.15) is 5.75 Å². The second-order valence-electron chi connectivity index (χ2n) is 6.81. The lowest BCUT2D eigenvalue weighted by Gasteiger charge is -2.21. The molecule has 1 fully saturated rings. The van der Waals surface area contributed by atoms with Crippen molar-refractivity contribution < 1.29 is 24.0 Å². The lowest BCUT2D eigenvalue weighted by molar-refractivity contribution is -0.384. The van der Waals surface area contributed by atoms with Crippen molar-refractivity contribution in [3.8, 4) is 5.75 Å². The summed E-state index contributed by atoms with van der Waals surface area (Å²) in [4.78, 5) is 34.6. The van der Waals surface area contributed by atoms with Gasteiger partial charge in [-0.05, 0) is 25.3 Å². The molecule has 1 atom stereocenters. The van der Waals surface area contributed by atoms with Crippen molar-refractivity contribution in [2.45, 2.75) is 58.0 Å². The number of anilines is 1. The van der Waals surface area contributed by atoms with E-state index in [0.717, 1.165) is 19.3 Å². The van der Waals surface area contributed by atoms with Crippen molar-refractivity contribution in [3.63, 3.8) is 0 Å². The highest BCUT2D eigenvalue weighted by molar-refractivity contribution is 5.96. The Morgan fingerprint density at radius 2 is 2.00 bits per heavy atom. The number of hydrogen-bond donors (Lipinski definition) is 1. The third-order valence-corrected chi connectivity index (χ3v) is 4.81. The SMILES string of the molecule is COc1ccc([N+](=O)[O-])cc1NC(=O)C(C)OC(=O)CCC1CCCCC1. The van der Waals surface area contributed by atoms with Crippen LogP contribution in [0.25, 0.3) is 0 Å². The van der Waals surface area contributed by atoms with Crippen molar-refractivity contribution >= 4 is 23.3 Å². The molecule has 8 heteroatoms. The monoisotopic (exact) mass is 378 g/mol. The summed E-state index contributed by atoms with van der Waals surface area (Å²) in [7, 11) is 1.39. The zero-order valence-electron chi connectivity index (χ0n) is 15.7. The summed E-state index contributed by atoms with van der Waals surface area (Å²) in [5, 5.41) is 13.4. The van der Waals surface area contributed by atoms with Crippen LogP contribution in [0.3, 0.4) is 0 Å². The van der Waals surface area contributed by atoms with Gasteiger partial charge in [-0.15, -0.1) is 0 Å². The maximum atomic E-state index is 12.3. The Kier molecular flexibility index (Phi) is 7.57. The minimum atomic E-state index is -1.01. The van der Waals surface area contributed by atoms with Crippen molar-refractivity contribution in [1.29, 1.82) is 0 Å². The number of methoxy groups -OCH3 is 1. The van der Waals surface area contributed by atoms with Gasteiger partial charge in [0.15, 0.2) is 6.10 Å². The number of carbonyl (C=O) groups is 2. The summed E-state index contributed by atoms with van der Waals surface area (Å²) in [6, 6.07) is 3.88. The fourth-order valence-corrected chi connectivity index (χ4v) is 3.25. The highest BCUT2D eigenvalue weighted by atomic mass is 16.6. The maximum Gasteiger partial charge on any atom is 0.306 e. The van der Waals surface area contributed by atoms with E-state index < -0.39 is 22.9 Å². The van der Waals surface area contributed by atoms with E-state index in [0.29, 0.717) is 12.3 Å². The molecule has 1 aliphatic carbocycles. The van der Waals surface area contributed by atoms with Gasteiger partial charge < -0.3 is 14.8 Å². The number of esters is 1. The Hall–Kier alpha value is -2.64. The molecule has 0 heterocycles. The van der Waals surface area contributed by atoms with Gasteiger partial charge in [-0.1, -0.05) is 32.1 Å². The first kappa shape index (κ1) is 20.7. The minimum absolute atomic E-state index is 0.154. The highest BCUT2D eigenvalue weighted by Crippen LogP contribution is 2.29. The second kappa shape index (κ2) is 9.89. The smallest absolute Gasteiger partial charge is 0.306 e. The quantitative estimate of drug-likeness (QED) is 0.418. The van der Waals surface area contributed by atoms with Crippen LogP contribution in [0.5, 0.6) is 5.75 Å². The lowest BCUT2D eigenvalue weighted by atomic mass is 9.86. The number of rotatable bonds is 8. The summed E-state index contributed by atoms with van der Waals surface area (Å²) >= 11 is 0. The van der Waals surface area contributed by atoms with Crippen LogP contribution in [0.1, 0.15) is 51.9 Å². The third kappa shape index (κ3) is 6.23. The Morgan fingerprint density at radius 3 is 2.63 bits per heavy atom. The molecule has 0 bridgehead atoms. The number of nitrogens with one attached hydrogen (secondary N) is 1. The van der Waals surface area contributed by atoms with Gasteiger partial charge >= 0.3 is 5.97 Å². The molecule has 0 aliphatic heterocycles. The van der Waals surface area contributed by atoms with Gasteiger partial charge in [-0.25, -0.2) is 0 Å². The van der Waals surface area contributed by atoms with E-state index in [1.54, 1.807) is 0 Å². The second-order valence-corrected chi connectivity index (χ2v) is 6.81. The van der Waals surface area contributed by atoms with Crippen LogP contribution in [0.2, 0.25) is 0 Å². The average Bonchev–Trinajstić information content (AvgIpc) is 2.67. The summed E-state index contributed by atoms with van der Waals surface area (Å²) in [5.41, 5.74) is -0.0231. The molecular weight excluding hydrogens is 352 g/mol. The average molecular weight is 378 g/mol. The molecule has 0 saturated heterocycles. The molecular formula is C19H26N2O6. The zero-order valence-corrected chi connectivity index (χ0v) is 15.7. The van der Waals surface area contributed by atoms with Crippen molar-refractivity contribution in [3.05, 3.63) is 28.3 Å². The molecule has 8 nitrogen and oxygen atoms in total. The number of benzene rings is 1. The normalized spacial score (nSPS) is 15.6. The number of nitrogens with zero attached hydrogens (tertiary/aromatic N) is 1. The molecule has 0 radical (unpaired) electrons. The Morgan fingerprint density at radius 1 is 1.30 bits per heavy atom. The summed E-state index contributed by atoms with van der Waals surface area (Å²) in [6.45, 7) is 1.47. The summed E-state index contributed by atoms with van der Waals surface area (Å²) in [6.07, 6.45) is 6.06. The molecule has 1 aliphatic rings. The first-order valence-corrected chi connectivity index (χ1v) is 9.23. The van der Waals surface area contributed by atoms with Gasteiger partial charge in [-0.3, -0.25) is 19.7 Å². The molecule has 148 valence electrons. The minimum Gasteiger partial charge on any atom is -0.495 e. The van der Waals surface area contributed by atoms with E-state index >= 15 is 0 Å². The molecule has 1 unspecified atom stereocenters. The van der Waals surface area contributed by atoms with E-state index in [4.69, 9.17) is 9.47 Å². The number of nitro groups is 1. The van der Waals surface area contributed by atoms with Crippen LogP contribution in [-0.4, -0.2) is 30.0 Å². The number of hydrogen-bond acceptors (Lipinski definition) is 6. The van der Waals surface area contributed by atoms with E-state index in [2.05, 4.69) is 5.32 Å². The van der Waals surface area contributed by atoms with Crippen LogP contribution >= 0.6 is 0 Å². The molecule has 1 aromatic carbocycles. The summed E-state index contributed by atoms with van der Waals surface area (Å²) in [5.74, 6) is -0.136. The largest absolute Gasteiger partial charge is 0.495 e. The van der Waals surface area contributed by atoms with E-state index in [1.165, 1.54) is 51.5 Å². The topological polar surface area (TPSA) is 108 Å². The van der Waals surface area contributed by atoms with Gasteiger partial charge in [0.2, 0.25) is 0 Å². The molecule has 2 rings (SSSR count). The number of nitro benzene ring substituents is 1. The number of amides is 1. The van der Waals surface area contributed by atoms with Crippen LogP contribution in [0.15, 0.2) is 18.2 Å². The lowest BCUT2D eigenvalue weighted by Crippen LogP contribution is -2.30. The van der Waals surface area contributed by atoms with Crippen LogP contribution < -0.4 is 10.1 Å². The highest BCUT2D eigenvalue weighted by Gasteiger charge is 2.22. The van der Waals surface area contributed by atoms with E-state index in [-0.39, 0.29) is 17.1 Å². The van der Waals surface area contributed by atoms with Gasteiger partial charge in [0.25, 0.3) is 11.6 Å². The number of non-ortho nitro benzene ring substituents is 1. The maximum absolute atomic E-state index is 12.3. The third-order valence-electron chi connectivity index (χ3n) is 4.81. The standard InChI is InChI=1S/C19H26N2O6/c1-13(27-18(22)11-8-14-6-4-3-5-7-14)19(23)20-16-12-15(21(24)25)9-10-17(16)26-2/h9-10,12-14H,3-8,11H2,1-2H3,(H,20,23). The zero-order chi connectivity index (χ0) is 19.8. The predicted octanol–water partition coefficient (Wildman–Crippen LogP) is 3.83. The van der Waals surface area contributed by atoms with E-state index in [9.17, 15) is 19.7 Å².